The van der Waals surface area contributed by atoms with Crippen LogP contribution in [0.4, 0.5) is 11.4 Å². The average molecular weight is 372 g/mol. The molecular formula is C20H25N3S2. The van der Waals surface area contributed by atoms with E-state index in [4.69, 9.17) is 12.2 Å². The minimum Gasteiger partial charge on any atom is -0.367 e. The number of aryl methyl sites for hydroxylation is 2. The van der Waals surface area contributed by atoms with Crippen molar-refractivity contribution in [3.8, 4) is 0 Å². The molecule has 0 spiro atoms. The van der Waals surface area contributed by atoms with E-state index in [1.54, 1.807) is 0 Å². The lowest BCUT2D eigenvalue weighted by Crippen LogP contribution is -2.50. The molecule has 1 heterocycles. The SMILES string of the molecule is CSc1ccccc1N1CCN(C(=S)Nc2ccc(C)c(C)c2)CC1. The molecule has 1 fully saturated rings. The third-order valence-electron chi connectivity index (χ3n) is 4.75. The van der Waals surface area contributed by atoms with E-state index >= 15 is 0 Å². The quantitative estimate of drug-likeness (QED) is 0.628. The van der Waals surface area contributed by atoms with Gasteiger partial charge in [-0.15, -0.1) is 11.8 Å². The van der Waals surface area contributed by atoms with E-state index in [-0.39, 0.29) is 0 Å². The summed E-state index contributed by atoms with van der Waals surface area (Å²) in [6.07, 6.45) is 2.14. The van der Waals surface area contributed by atoms with Gasteiger partial charge in [0, 0.05) is 36.8 Å². The molecule has 132 valence electrons. The maximum Gasteiger partial charge on any atom is 0.173 e. The van der Waals surface area contributed by atoms with Gasteiger partial charge in [-0.3, -0.25) is 0 Å². The second-order valence-corrected chi connectivity index (χ2v) is 7.61. The number of para-hydroxylation sites is 1. The number of thioether (sulfide) groups is 1. The van der Waals surface area contributed by atoms with Crippen molar-refractivity contribution >= 4 is 40.5 Å². The largest absolute Gasteiger partial charge is 0.367 e. The number of hydrogen-bond donors (Lipinski definition) is 1. The van der Waals surface area contributed by atoms with Gasteiger partial charge >= 0.3 is 0 Å². The monoisotopic (exact) mass is 371 g/mol. The van der Waals surface area contributed by atoms with Gasteiger partial charge < -0.3 is 15.1 Å². The number of benzene rings is 2. The van der Waals surface area contributed by atoms with Crippen molar-refractivity contribution in [3.63, 3.8) is 0 Å². The standard InChI is InChI=1S/C20H25N3S2/c1-15-8-9-17(14-16(15)2)21-20(24)23-12-10-22(11-13-23)18-6-4-5-7-19(18)25-3/h4-9,14H,10-13H2,1-3H3,(H,21,24). The fraction of sp³-hybridized carbons (Fsp3) is 0.350. The zero-order valence-electron chi connectivity index (χ0n) is 15.1. The lowest BCUT2D eigenvalue weighted by molar-refractivity contribution is 0.390. The van der Waals surface area contributed by atoms with Crippen LogP contribution in [0.5, 0.6) is 0 Å². The topological polar surface area (TPSA) is 18.5 Å². The van der Waals surface area contributed by atoms with Crippen LogP contribution in [-0.4, -0.2) is 42.4 Å². The predicted molar refractivity (Wildman–Crippen MR) is 114 cm³/mol. The molecule has 0 saturated carbocycles. The number of thiocarbonyl (C=S) groups is 1. The Morgan fingerprint density at radius 1 is 1.00 bits per heavy atom. The zero-order chi connectivity index (χ0) is 17.8. The molecule has 2 aromatic carbocycles. The summed E-state index contributed by atoms with van der Waals surface area (Å²) in [6, 6.07) is 15.0. The summed E-state index contributed by atoms with van der Waals surface area (Å²) in [6.45, 7) is 8.13. The summed E-state index contributed by atoms with van der Waals surface area (Å²) in [5, 5.41) is 4.21. The van der Waals surface area contributed by atoms with Crippen LogP contribution in [0.1, 0.15) is 11.1 Å². The van der Waals surface area contributed by atoms with Crippen LogP contribution in [-0.2, 0) is 0 Å². The highest BCUT2D eigenvalue weighted by Crippen LogP contribution is 2.29. The Labute approximate surface area is 160 Å². The highest BCUT2D eigenvalue weighted by atomic mass is 32.2. The fourth-order valence-electron chi connectivity index (χ4n) is 3.06. The Balaban J connectivity index is 1.60. The number of piperazine rings is 1. The molecule has 0 radical (unpaired) electrons. The molecule has 0 atom stereocenters. The Kier molecular flexibility index (Phi) is 5.86. The molecule has 0 unspecified atom stereocenters. The molecule has 5 heteroatoms. The Morgan fingerprint density at radius 2 is 1.72 bits per heavy atom. The van der Waals surface area contributed by atoms with Gasteiger partial charge in [0.15, 0.2) is 5.11 Å². The van der Waals surface area contributed by atoms with E-state index in [9.17, 15) is 0 Å². The summed E-state index contributed by atoms with van der Waals surface area (Å²) in [7, 11) is 0. The average Bonchev–Trinajstić information content (AvgIpc) is 2.65. The minimum absolute atomic E-state index is 0.820. The Morgan fingerprint density at radius 3 is 2.40 bits per heavy atom. The summed E-state index contributed by atoms with van der Waals surface area (Å²) in [5.41, 5.74) is 5.00. The highest BCUT2D eigenvalue weighted by Gasteiger charge is 2.20. The molecule has 1 saturated heterocycles. The second kappa shape index (κ2) is 8.11. The number of nitrogens with zero attached hydrogens (tertiary/aromatic N) is 2. The van der Waals surface area contributed by atoms with Crippen molar-refractivity contribution in [2.75, 3.05) is 42.7 Å². The molecule has 0 amide bonds. The summed E-state index contributed by atoms with van der Waals surface area (Å²) < 4.78 is 0. The zero-order valence-corrected chi connectivity index (χ0v) is 16.7. The molecule has 1 aliphatic heterocycles. The summed E-state index contributed by atoms with van der Waals surface area (Å²) in [5.74, 6) is 0. The van der Waals surface area contributed by atoms with E-state index in [0.29, 0.717) is 0 Å². The van der Waals surface area contributed by atoms with Gasteiger partial charge in [0.05, 0.1) is 5.69 Å². The van der Waals surface area contributed by atoms with E-state index in [0.717, 1.165) is 37.0 Å². The van der Waals surface area contributed by atoms with E-state index in [1.165, 1.54) is 21.7 Å². The van der Waals surface area contributed by atoms with Crippen molar-refractivity contribution in [3.05, 3.63) is 53.6 Å². The van der Waals surface area contributed by atoms with Crippen LogP contribution in [0.2, 0.25) is 0 Å². The van der Waals surface area contributed by atoms with Crippen LogP contribution in [0.3, 0.4) is 0 Å². The van der Waals surface area contributed by atoms with Crippen molar-refractivity contribution in [2.45, 2.75) is 18.7 Å². The van der Waals surface area contributed by atoms with Gasteiger partial charge in [0.2, 0.25) is 0 Å². The first-order valence-corrected chi connectivity index (χ1v) is 10.2. The Hall–Kier alpha value is -1.72. The second-order valence-electron chi connectivity index (χ2n) is 6.38. The third-order valence-corrected chi connectivity index (χ3v) is 5.90. The molecule has 0 aliphatic carbocycles. The van der Waals surface area contributed by atoms with Gasteiger partial charge in [-0.05, 0) is 67.7 Å². The van der Waals surface area contributed by atoms with E-state index < -0.39 is 0 Å². The summed E-state index contributed by atoms with van der Waals surface area (Å²) >= 11 is 7.44. The van der Waals surface area contributed by atoms with Crippen molar-refractivity contribution in [1.82, 2.24) is 4.90 Å². The number of hydrogen-bond acceptors (Lipinski definition) is 3. The maximum absolute atomic E-state index is 5.63. The van der Waals surface area contributed by atoms with Crippen LogP contribution in [0, 0.1) is 13.8 Å². The molecule has 3 nitrogen and oxygen atoms in total. The van der Waals surface area contributed by atoms with Gasteiger partial charge in [0.1, 0.15) is 0 Å². The normalized spacial score (nSPS) is 14.5. The van der Waals surface area contributed by atoms with E-state index in [1.807, 2.05) is 11.8 Å². The molecular weight excluding hydrogens is 346 g/mol. The molecule has 0 aromatic heterocycles. The first-order chi connectivity index (χ1) is 12.1. The number of anilines is 2. The lowest BCUT2D eigenvalue weighted by atomic mass is 10.1. The predicted octanol–water partition coefficient (Wildman–Crippen LogP) is 4.54. The van der Waals surface area contributed by atoms with Crippen LogP contribution >= 0.6 is 24.0 Å². The van der Waals surface area contributed by atoms with Gasteiger partial charge in [-0.2, -0.15) is 0 Å². The van der Waals surface area contributed by atoms with Gasteiger partial charge in [-0.25, -0.2) is 0 Å². The highest BCUT2D eigenvalue weighted by molar-refractivity contribution is 7.98. The van der Waals surface area contributed by atoms with Gasteiger partial charge in [-0.1, -0.05) is 18.2 Å². The molecule has 3 rings (SSSR count). The first-order valence-electron chi connectivity index (χ1n) is 8.59. The minimum atomic E-state index is 0.820. The van der Waals surface area contributed by atoms with Crippen LogP contribution < -0.4 is 10.2 Å². The van der Waals surface area contributed by atoms with Crippen molar-refractivity contribution in [1.29, 1.82) is 0 Å². The molecule has 25 heavy (non-hydrogen) atoms. The lowest BCUT2D eigenvalue weighted by Gasteiger charge is -2.38. The van der Waals surface area contributed by atoms with Crippen LogP contribution in [0.15, 0.2) is 47.4 Å². The smallest absolute Gasteiger partial charge is 0.173 e. The van der Waals surface area contributed by atoms with Gasteiger partial charge in [0.25, 0.3) is 0 Å². The van der Waals surface area contributed by atoms with Crippen molar-refractivity contribution in [2.24, 2.45) is 0 Å². The summed E-state index contributed by atoms with van der Waals surface area (Å²) in [4.78, 5) is 6.07. The fourth-order valence-corrected chi connectivity index (χ4v) is 3.98. The number of nitrogens with one attached hydrogen (secondary N) is 1. The van der Waals surface area contributed by atoms with E-state index in [2.05, 4.69) is 77.7 Å². The van der Waals surface area contributed by atoms with Crippen molar-refractivity contribution < 1.29 is 0 Å². The maximum atomic E-state index is 5.63. The molecule has 2 aromatic rings. The third kappa shape index (κ3) is 4.28. The molecule has 1 N–H and O–H groups in total. The number of rotatable bonds is 3. The molecule has 0 bridgehead atoms. The molecule has 1 aliphatic rings. The first kappa shape index (κ1) is 18.1. The van der Waals surface area contributed by atoms with Crippen LogP contribution in [0.25, 0.3) is 0 Å². The Bertz CT molecular complexity index is 752.